The van der Waals surface area contributed by atoms with Gasteiger partial charge in [0.05, 0.1) is 0 Å². The van der Waals surface area contributed by atoms with Gasteiger partial charge < -0.3 is 15.5 Å². The lowest BCUT2D eigenvalue weighted by Crippen LogP contribution is -2.48. The highest BCUT2D eigenvalue weighted by molar-refractivity contribution is 5.76. The normalized spacial score (nSPS) is 16.8. The van der Waals surface area contributed by atoms with Gasteiger partial charge in [-0.3, -0.25) is 9.69 Å². The fourth-order valence-corrected chi connectivity index (χ4v) is 2.43. The number of hydrogen-bond acceptors (Lipinski definition) is 4. The van der Waals surface area contributed by atoms with Crippen LogP contribution in [-0.2, 0) is 4.79 Å². The summed E-state index contributed by atoms with van der Waals surface area (Å²) >= 11 is 0. The van der Waals surface area contributed by atoms with Crippen LogP contribution in [0.2, 0.25) is 0 Å². The molecule has 2 N–H and O–H groups in total. The Hall–Kier alpha value is -0.650. The summed E-state index contributed by atoms with van der Waals surface area (Å²) in [5, 5.41) is 6.26. The second kappa shape index (κ2) is 10.2. The molecule has 0 unspecified atom stereocenters. The summed E-state index contributed by atoms with van der Waals surface area (Å²) in [5.41, 5.74) is 0. The second-order valence-corrected chi connectivity index (χ2v) is 5.24. The van der Waals surface area contributed by atoms with Gasteiger partial charge in [-0.05, 0) is 53.0 Å². The number of rotatable bonds is 9. The molecule has 1 amide bonds. The fourth-order valence-electron chi connectivity index (χ4n) is 2.43. The van der Waals surface area contributed by atoms with Crippen molar-refractivity contribution in [1.82, 2.24) is 20.4 Å². The van der Waals surface area contributed by atoms with E-state index in [2.05, 4.69) is 15.5 Å². The molecule has 1 rings (SSSR count). The number of unbranched alkanes of at least 4 members (excludes halogenated alkanes) is 1. The predicted molar refractivity (Wildman–Crippen MR) is 79.3 cm³/mol. The number of carbonyl (C=O) groups excluding carboxylic acids is 1. The number of nitrogens with one attached hydrogen (secondary N) is 2. The van der Waals surface area contributed by atoms with Crippen LogP contribution in [0.1, 0.15) is 25.7 Å². The van der Waals surface area contributed by atoms with E-state index in [1.165, 1.54) is 19.4 Å². The fraction of sp³-hybridized carbons (Fsp3) is 0.929. The minimum absolute atomic E-state index is 0.324. The first kappa shape index (κ1) is 16.4. The number of amides is 1. The van der Waals surface area contributed by atoms with Crippen LogP contribution in [0.5, 0.6) is 0 Å². The standard InChI is InChI=1S/C14H30N4O/c1-15-7-3-4-9-17-10-12-18(13-11-17)14(19)6-5-8-16-2/h15-16H,3-13H2,1-2H3. The first-order chi connectivity index (χ1) is 9.27. The van der Waals surface area contributed by atoms with Crippen LogP contribution in [0, 0.1) is 0 Å². The first-order valence-electron chi connectivity index (χ1n) is 7.57. The minimum Gasteiger partial charge on any atom is -0.340 e. The Kier molecular flexibility index (Phi) is 8.79. The molecule has 0 aromatic heterocycles. The Morgan fingerprint density at radius 1 is 0.947 bits per heavy atom. The Bertz CT molecular complexity index is 240. The summed E-state index contributed by atoms with van der Waals surface area (Å²) in [5.74, 6) is 0.324. The molecule has 1 aliphatic heterocycles. The van der Waals surface area contributed by atoms with Crippen molar-refractivity contribution in [1.29, 1.82) is 0 Å². The van der Waals surface area contributed by atoms with Gasteiger partial charge in [-0.1, -0.05) is 0 Å². The van der Waals surface area contributed by atoms with Crippen molar-refractivity contribution in [3.8, 4) is 0 Å². The van der Waals surface area contributed by atoms with Gasteiger partial charge in [0, 0.05) is 32.6 Å². The van der Waals surface area contributed by atoms with Gasteiger partial charge in [0.15, 0.2) is 0 Å². The maximum absolute atomic E-state index is 12.0. The molecule has 5 nitrogen and oxygen atoms in total. The molecule has 19 heavy (non-hydrogen) atoms. The van der Waals surface area contributed by atoms with E-state index in [0.717, 1.165) is 45.7 Å². The van der Waals surface area contributed by atoms with E-state index in [1.807, 2.05) is 19.0 Å². The molecule has 1 heterocycles. The number of piperazine rings is 1. The average molecular weight is 270 g/mol. The molecule has 0 aliphatic carbocycles. The predicted octanol–water partition coefficient (Wildman–Crippen LogP) is 0.130. The van der Waals surface area contributed by atoms with Crippen LogP contribution in [0.15, 0.2) is 0 Å². The van der Waals surface area contributed by atoms with E-state index in [4.69, 9.17) is 0 Å². The highest BCUT2D eigenvalue weighted by Crippen LogP contribution is 2.06. The summed E-state index contributed by atoms with van der Waals surface area (Å²) < 4.78 is 0. The largest absolute Gasteiger partial charge is 0.340 e. The summed E-state index contributed by atoms with van der Waals surface area (Å²) in [7, 11) is 3.93. The monoisotopic (exact) mass is 270 g/mol. The Labute approximate surface area is 117 Å². The third-order valence-corrected chi connectivity index (χ3v) is 3.69. The van der Waals surface area contributed by atoms with Crippen LogP contribution in [-0.4, -0.2) is 75.6 Å². The number of nitrogens with zero attached hydrogens (tertiary/aromatic N) is 2. The van der Waals surface area contributed by atoms with Gasteiger partial charge in [-0.15, -0.1) is 0 Å². The molecule has 0 atom stereocenters. The zero-order valence-electron chi connectivity index (χ0n) is 12.6. The van der Waals surface area contributed by atoms with Gasteiger partial charge in [0.25, 0.3) is 0 Å². The highest BCUT2D eigenvalue weighted by atomic mass is 16.2. The van der Waals surface area contributed by atoms with Gasteiger partial charge >= 0.3 is 0 Å². The van der Waals surface area contributed by atoms with Crippen molar-refractivity contribution in [2.75, 3.05) is 59.9 Å². The second-order valence-electron chi connectivity index (χ2n) is 5.24. The van der Waals surface area contributed by atoms with Gasteiger partial charge in [-0.25, -0.2) is 0 Å². The average Bonchev–Trinajstić information content (AvgIpc) is 2.44. The molecule has 1 fully saturated rings. The molecule has 0 aromatic carbocycles. The van der Waals surface area contributed by atoms with Crippen molar-refractivity contribution in [2.45, 2.75) is 25.7 Å². The van der Waals surface area contributed by atoms with Crippen LogP contribution in [0.25, 0.3) is 0 Å². The van der Waals surface area contributed by atoms with Crippen molar-refractivity contribution in [3.63, 3.8) is 0 Å². The Morgan fingerprint density at radius 3 is 2.21 bits per heavy atom. The molecule has 0 radical (unpaired) electrons. The summed E-state index contributed by atoms with van der Waals surface area (Å²) in [6, 6.07) is 0. The molecule has 0 saturated carbocycles. The molecule has 5 heteroatoms. The van der Waals surface area contributed by atoms with E-state index >= 15 is 0 Å². The van der Waals surface area contributed by atoms with Crippen LogP contribution in [0.3, 0.4) is 0 Å². The maximum Gasteiger partial charge on any atom is 0.222 e. The SMILES string of the molecule is CNCCCCN1CCN(C(=O)CCCNC)CC1. The van der Waals surface area contributed by atoms with Crippen LogP contribution >= 0.6 is 0 Å². The molecular weight excluding hydrogens is 240 g/mol. The van der Waals surface area contributed by atoms with Gasteiger partial charge in [0.2, 0.25) is 5.91 Å². The van der Waals surface area contributed by atoms with Crippen LogP contribution in [0.4, 0.5) is 0 Å². The lowest BCUT2D eigenvalue weighted by molar-refractivity contribution is -0.133. The third kappa shape index (κ3) is 6.89. The summed E-state index contributed by atoms with van der Waals surface area (Å²) in [4.78, 5) is 16.5. The van der Waals surface area contributed by atoms with Crippen molar-refractivity contribution in [3.05, 3.63) is 0 Å². The Balaban J connectivity index is 2.09. The molecule has 0 spiro atoms. The third-order valence-electron chi connectivity index (χ3n) is 3.69. The molecule has 1 saturated heterocycles. The van der Waals surface area contributed by atoms with Gasteiger partial charge in [0.1, 0.15) is 0 Å². The zero-order chi connectivity index (χ0) is 13.9. The highest BCUT2D eigenvalue weighted by Gasteiger charge is 2.19. The lowest BCUT2D eigenvalue weighted by atomic mass is 10.2. The van der Waals surface area contributed by atoms with Crippen molar-refractivity contribution < 1.29 is 4.79 Å². The number of hydrogen-bond donors (Lipinski definition) is 2. The van der Waals surface area contributed by atoms with Gasteiger partial charge in [-0.2, -0.15) is 0 Å². The number of carbonyl (C=O) groups is 1. The summed E-state index contributed by atoms with van der Waals surface area (Å²) in [6.45, 7) is 7.09. The van der Waals surface area contributed by atoms with E-state index in [-0.39, 0.29) is 0 Å². The van der Waals surface area contributed by atoms with E-state index in [0.29, 0.717) is 12.3 Å². The molecular formula is C14H30N4O. The smallest absolute Gasteiger partial charge is 0.222 e. The quantitative estimate of drug-likeness (QED) is 0.585. The van der Waals surface area contributed by atoms with E-state index < -0.39 is 0 Å². The van der Waals surface area contributed by atoms with E-state index in [1.54, 1.807) is 0 Å². The van der Waals surface area contributed by atoms with Crippen molar-refractivity contribution in [2.24, 2.45) is 0 Å². The maximum atomic E-state index is 12.0. The van der Waals surface area contributed by atoms with Crippen LogP contribution < -0.4 is 10.6 Å². The molecule has 0 aromatic rings. The lowest BCUT2D eigenvalue weighted by Gasteiger charge is -2.34. The molecule has 0 bridgehead atoms. The zero-order valence-corrected chi connectivity index (χ0v) is 12.6. The van der Waals surface area contributed by atoms with Crippen molar-refractivity contribution >= 4 is 5.91 Å². The van der Waals surface area contributed by atoms with E-state index in [9.17, 15) is 4.79 Å². The topological polar surface area (TPSA) is 47.6 Å². The molecule has 1 aliphatic rings. The minimum atomic E-state index is 0.324. The first-order valence-corrected chi connectivity index (χ1v) is 7.57. The molecule has 112 valence electrons. The summed E-state index contributed by atoms with van der Waals surface area (Å²) in [6.07, 6.45) is 4.11. The Morgan fingerprint density at radius 2 is 1.58 bits per heavy atom.